The third-order valence-corrected chi connectivity index (χ3v) is 6.56. The van der Waals surface area contributed by atoms with Crippen LogP contribution in [-0.4, -0.2) is 75.1 Å². The van der Waals surface area contributed by atoms with Gasteiger partial charge >= 0.3 is 0 Å². The Balaban J connectivity index is 1.54. The Morgan fingerprint density at radius 2 is 1.77 bits per heavy atom. The number of nitrogens with zero attached hydrogens (tertiary/aromatic N) is 3. The maximum atomic E-state index is 13.1. The van der Waals surface area contributed by atoms with Crippen LogP contribution < -0.4 is 10.2 Å². The van der Waals surface area contributed by atoms with Crippen LogP contribution in [0.4, 0.5) is 11.4 Å². The first-order valence-electron chi connectivity index (χ1n) is 10.5. The molecule has 0 aliphatic carbocycles. The van der Waals surface area contributed by atoms with E-state index in [0.29, 0.717) is 30.8 Å². The van der Waals surface area contributed by atoms with Crippen LogP contribution >= 0.6 is 11.3 Å². The number of piperazine rings is 1. The summed E-state index contributed by atoms with van der Waals surface area (Å²) in [6.45, 7) is 4.94. The topological polar surface area (TPSA) is 65.1 Å². The van der Waals surface area contributed by atoms with Crippen LogP contribution in [0.5, 0.6) is 0 Å². The molecule has 2 aromatic rings. The van der Waals surface area contributed by atoms with E-state index in [-0.39, 0.29) is 11.8 Å². The molecule has 0 bridgehead atoms. The molecule has 0 spiro atoms. The minimum absolute atomic E-state index is 0.250. The number of benzene rings is 1. The van der Waals surface area contributed by atoms with Crippen molar-refractivity contribution in [2.75, 3.05) is 63.7 Å². The summed E-state index contributed by atoms with van der Waals surface area (Å²) in [5.41, 5.74) is 2.75. The summed E-state index contributed by atoms with van der Waals surface area (Å²) >= 11 is 1.46. The predicted octanol–water partition coefficient (Wildman–Crippen LogP) is 2.73. The summed E-state index contributed by atoms with van der Waals surface area (Å²) in [5, 5.41) is 5.15. The number of rotatable bonds is 8. The number of carbonyl (C=O) groups is 2. The molecule has 1 fully saturated rings. The third kappa shape index (κ3) is 4.66. The van der Waals surface area contributed by atoms with Gasteiger partial charge < -0.3 is 19.9 Å². The largest absolute Gasteiger partial charge is 0.385 e. The number of amides is 2. The van der Waals surface area contributed by atoms with Crippen LogP contribution in [0.15, 0.2) is 47.5 Å². The van der Waals surface area contributed by atoms with Crippen molar-refractivity contribution in [1.82, 2.24) is 9.80 Å². The van der Waals surface area contributed by atoms with Crippen molar-refractivity contribution in [3.8, 4) is 0 Å². The van der Waals surface area contributed by atoms with E-state index in [4.69, 9.17) is 4.74 Å². The molecule has 0 unspecified atom stereocenters. The van der Waals surface area contributed by atoms with Crippen molar-refractivity contribution in [2.45, 2.75) is 6.42 Å². The third-order valence-electron chi connectivity index (χ3n) is 5.67. The van der Waals surface area contributed by atoms with Gasteiger partial charge in [-0.05, 0) is 49.2 Å². The van der Waals surface area contributed by atoms with Crippen molar-refractivity contribution in [1.29, 1.82) is 0 Å². The number of imide groups is 1. The summed E-state index contributed by atoms with van der Waals surface area (Å²) in [4.78, 5) is 33.0. The minimum atomic E-state index is -0.285. The van der Waals surface area contributed by atoms with E-state index in [1.165, 1.54) is 21.9 Å². The molecular weight excluding hydrogens is 412 g/mol. The van der Waals surface area contributed by atoms with Gasteiger partial charge in [-0.1, -0.05) is 6.07 Å². The maximum absolute atomic E-state index is 13.1. The highest BCUT2D eigenvalue weighted by Gasteiger charge is 2.39. The highest BCUT2D eigenvalue weighted by atomic mass is 32.1. The van der Waals surface area contributed by atoms with Crippen molar-refractivity contribution < 1.29 is 14.3 Å². The van der Waals surface area contributed by atoms with Gasteiger partial charge in [0.1, 0.15) is 5.70 Å². The van der Waals surface area contributed by atoms with Crippen LogP contribution in [-0.2, 0) is 14.3 Å². The van der Waals surface area contributed by atoms with Crippen molar-refractivity contribution in [3.63, 3.8) is 0 Å². The molecule has 1 N–H and O–H groups in total. The second kappa shape index (κ2) is 9.64. The fourth-order valence-corrected chi connectivity index (χ4v) is 4.64. The lowest BCUT2D eigenvalue weighted by molar-refractivity contribution is -0.136. The predicted molar refractivity (Wildman–Crippen MR) is 124 cm³/mol. The second-order valence-corrected chi connectivity index (χ2v) is 8.75. The molecule has 0 saturated carbocycles. The van der Waals surface area contributed by atoms with E-state index in [9.17, 15) is 9.59 Å². The monoisotopic (exact) mass is 440 g/mol. The number of nitrogens with one attached hydrogen (secondary N) is 1. The Kier molecular flexibility index (Phi) is 6.70. The minimum Gasteiger partial charge on any atom is -0.385 e. The average molecular weight is 441 g/mol. The zero-order valence-electron chi connectivity index (χ0n) is 18.0. The first kappa shape index (κ1) is 21.5. The number of hydrogen-bond donors (Lipinski definition) is 1. The normalized spacial score (nSPS) is 17.7. The Morgan fingerprint density at radius 1 is 1.03 bits per heavy atom. The SMILES string of the molecule is COCCCN1C(=O)C(Nc2ccc(N3CCN(C)CC3)cc2)=C(c2cccs2)C1=O. The number of carbonyl (C=O) groups excluding carboxylic acids is 2. The molecule has 2 amide bonds. The van der Waals surface area contributed by atoms with E-state index in [0.717, 1.165) is 36.7 Å². The van der Waals surface area contributed by atoms with Crippen LogP contribution in [0, 0.1) is 0 Å². The fraction of sp³-hybridized carbons (Fsp3) is 0.391. The molecule has 8 heteroatoms. The lowest BCUT2D eigenvalue weighted by Crippen LogP contribution is -2.44. The van der Waals surface area contributed by atoms with Gasteiger partial charge in [-0.25, -0.2) is 0 Å². The van der Waals surface area contributed by atoms with E-state index < -0.39 is 0 Å². The van der Waals surface area contributed by atoms with Crippen LogP contribution in [0.1, 0.15) is 11.3 Å². The fourth-order valence-electron chi connectivity index (χ4n) is 3.88. The summed E-state index contributed by atoms with van der Waals surface area (Å²) < 4.78 is 5.08. The van der Waals surface area contributed by atoms with E-state index in [2.05, 4.69) is 34.3 Å². The van der Waals surface area contributed by atoms with Gasteiger partial charge in [-0.15, -0.1) is 11.3 Å². The number of thiophene rings is 1. The molecule has 3 heterocycles. The zero-order valence-corrected chi connectivity index (χ0v) is 18.8. The number of methoxy groups -OCH3 is 1. The van der Waals surface area contributed by atoms with Gasteiger partial charge in [0, 0.05) is 62.7 Å². The van der Waals surface area contributed by atoms with Gasteiger partial charge in [-0.2, -0.15) is 0 Å². The van der Waals surface area contributed by atoms with Gasteiger partial charge in [0.2, 0.25) is 0 Å². The number of likely N-dealkylation sites (N-methyl/N-ethyl adjacent to an activating group) is 1. The summed E-state index contributed by atoms with van der Waals surface area (Å²) in [6, 6.07) is 11.8. The Bertz CT molecular complexity index is 948. The molecule has 1 aromatic carbocycles. The lowest BCUT2D eigenvalue weighted by atomic mass is 10.1. The Hall–Kier alpha value is -2.68. The van der Waals surface area contributed by atoms with Gasteiger partial charge in [0.05, 0.1) is 5.57 Å². The molecule has 4 rings (SSSR count). The van der Waals surface area contributed by atoms with Gasteiger partial charge in [0.25, 0.3) is 11.8 Å². The smallest absolute Gasteiger partial charge is 0.278 e. The molecule has 2 aliphatic heterocycles. The summed E-state index contributed by atoms with van der Waals surface area (Å²) in [7, 11) is 3.75. The average Bonchev–Trinajstić information content (AvgIpc) is 3.38. The maximum Gasteiger partial charge on any atom is 0.278 e. The highest BCUT2D eigenvalue weighted by Crippen LogP contribution is 2.33. The Labute approximate surface area is 186 Å². The van der Waals surface area contributed by atoms with Crippen LogP contribution in [0.2, 0.25) is 0 Å². The molecule has 1 saturated heterocycles. The first-order valence-corrected chi connectivity index (χ1v) is 11.4. The highest BCUT2D eigenvalue weighted by molar-refractivity contribution is 7.11. The van der Waals surface area contributed by atoms with Crippen LogP contribution in [0.3, 0.4) is 0 Å². The zero-order chi connectivity index (χ0) is 21.8. The summed E-state index contributed by atoms with van der Waals surface area (Å²) in [5.74, 6) is -0.534. The second-order valence-electron chi connectivity index (χ2n) is 7.80. The number of hydrogen-bond acceptors (Lipinski definition) is 7. The molecule has 0 radical (unpaired) electrons. The molecule has 0 atom stereocenters. The molecule has 164 valence electrons. The van der Waals surface area contributed by atoms with Crippen molar-refractivity contribution in [3.05, 3.63) is 52.4 Å². The molecule has 31 heavy (non-hydrogen) atoms. The molecule has 2 aliphatic rings. The lowest BCUT2D eigenvalue weighted by Gasteiger charge is -2.34. The van der Waals surface area contributed by atoms with Crippen molar-refractivity contribution in [2.24, 2.45) is 0 Å². The Morgan fingerprint density at radius 3 is 2.42 bits per heavy atom. The van der Waals surface area contributed by atoms with Gasteiger partial charge in [0.15, 0.2) is 0 Å². The number of ether oxygens (including phenoxy) is 1. The van der Waals surface area contributed by atoms with E-state index in [1.54, 1.807) is 7.11 Å². The standard InChI is InChI=1S/C23H28N4O3S/c1-25-11-13-26(14-12-25)18-8-6-17(7-9-18)24-21-20(19-5-3-16-31-19)22(28)27(23(21)29)10-4-15-30-2/h3,5-9,16,24H,4,10-15H2,1-2H3. The van der Waals surface area contributed by atoms with E-state index >= 15 is 0 Å². The van der Waals surface area contributed by atoms with E-state index in [1.807, 2.05) is 29.6 Å². The number of anilines is 2. The molecule has 1 aromatic heterocycles. The van der Waals surface area contributed by atoms with Gasteiger partial charge in [-0.3, -0.25) is 14.5 Å². The molecule has 7 nitrogen and oxygen atoms in total. The molecular formula is C23H28N4O3S. The van der Waals surface area contributed by atoms with Crippen LogP contribution in [0.25, 0.3) is 5.57 Å². The summed E-state index contributed by atoms with van der Waals surface area (Å²) in [6.07, 6.45) is 0.610. The first-order chi connectivity index (χ1) is 15.1. The van der Waals surface area contributed by atoms with Crippen molar-refractivity contribution >= 4 is 40.1 Å². The quantitative estimate of drug-likeness (QED) is 0.503.